The molecule has 1 atom stereocenters. The Balaban J connectivity index is 1.42. The molecule has 350 valence electrons. The van der Waals surface area contributed by atoms with E-state index in [1.165, 1.54) is 22.3 Å². The lowest BCUT2D eigenvalue weighted by Crippen LogP contribution is -2.45. The van der Waals surface area contributed by atoms with Crippen molar-refractivity contribution in [2.45, 2.75) is 92.8 Å². The number of benzene rings is 3. The average Bonchev–Trinajstić information content (AvgIpc) is 3.24. The maximum atomic E-state index is 12.8. The van der Waals surface area contributed by atoms with Crippen molar-refractivity contribution < 1.29 is 24.1 Å². The Morgan fingerprint density at radius 1 is 0.730 bits per heavy atom. The van der Waals surface area contributed by atoms with Gasteiger partial charge in [0, 0.05) is 59.0 Å². The zero-order valence-electron chi connectivity index (χ0n) is 40.4. The summed E-state index contributed by atoms with van der Waals surface area (Å²) in [5.41, 5.74) is 5.68. The predicted octanol–water partition coefficient (Wildman–Crippen LogP) is 8.20. The third-order valence-corrected chi connectivity index (χ3v) is 11.3. The Labute approximate surface area is 382 Å². The predicted molar refractivity (Wildman–Crippen MR) is 261 cm³/mol. The Bertz CT molecular complexity index is 1720. The number of esters is 1. The normalized spacial score (nSPS) is 16.9. The molecule has 1 fully saturated rings. The second kappa shape index (κ2) is 27.7. The highest BCUT2D eigenvalue weighted by Crippen LogP contribution is 2.36. The second-order valence-corrected chi connectivity index (χ2v) is 19.3. The van der Waals surface area contributed by atoms with Crippen LogP contribution in [0.2, 0.25) is 0 Å². The van der Waals surface area contributed by atoms with Gasteiger partial charge in [-0.1, -0.05) is 107 Å². The summed E-state index contributed by atoms with van der Waals surface area (Å²) in [5.74, 6) is 0.694. The van der Waals surface area contributed by atoms with Gasteiger partial charge in [0.2, 0.25) is 0 Å². The van der Waals surface area contributed by atoms with Crippen LogP contribution >= 0.6 is 0 Å². The van der Waals surface area contributed by atoms with Gasteiger partial charge in [0.1, 0.15) is 18.0 Å². The molecule has 0 spiro atoms. The summed E-state index contributed by atoms with van der Waals surface area (Å²) in [4.78, 5) is 22.3. The molecule has 10 nitrogen and oxygen atoms in total. The van der Waals surface area contributed by atoms with Crippen LogP contribution in [0.1, 0.15) is 97.8 Å². The number of hydrogen-bond donors (Lipinski definition) is 2. The summed E-state index contributed by atoms with van der Waals surface area (Å²) < 4.78 is 18.1. The summed E-state index contributed by atoms with van der Waals surface area (Å²) >= 11 is 0. The quantitative estimate of drug-likeness (QED) is 0.0659. The van der Waals surface area contributed by atoms with Crippen molar-refractivity contribution in [3.05, 3.63) is 102 Å². The van der Waals surface area contributed by atoms with Gasteiger partial charge >= 0.3 is 5.97 Å². The van der Waals surface area contributed by atoms with Gasteiger partial charge in [-0.2, -0.15) is 0 Å². The topological polar surface area (TPSA) is 90.0 Å². The fourth-order valence-corrected chi connectivity index (χ4v) is 8.30. The lowest BCUT2D eigenvalue weighted by Gasteiger charge is -2.33. The molecule has 2 N–H and O–H groups in total. The standard InChI is InChI=1S/C53H83N5O5/c1-9-55(10-2)37-39-62-48-27-25-46(26-28-48)51(45-22-15-12-16-23-45)49(44-20-13-11-14-21-44)24-17-38-61-42-47(59)40-57-33-19-32-56(41-50(60)63-53(6,7)8)34-30-54-29-18-31-58(36-35-57)43-52(3,4)5/h11-16,20-23,25-28,47,54,59H,9-10,17-19,24,29-43H2,1-8H3/b51-49-. The van der Waals surface area contributed by atoms with Crippen molar-refractivity contribution in [2.75, 3.05) is 111 Å². The number of nitrogens with one attached hydrogen (secondary N) is 1. The third kappa shape index (κ3) is 20.8. The molecule has 0 radical (unpaired) electrons. The van der Waals surface area contributed by atoms with Gasteiger partial charge in [-0.3, -0.25) is 14.6 Å². The second-order valence-electron chi connectivity index (χ2n) is 19.3. The van der Waals surface area contributed by atoms with Gasteiger partial charge in [0.05, 0.1) is 19.3 Å². The molecule has 1 heterocycles. The molecule has 4 rings (SSSR count). The number of aliphatic hydroxyl groups excluding tert-OH is 1. The van der Waals surface area contributed by atoms with Gasteiger partial charge < -0.3 is 34.4 Å². The molecule has 10 heteroatoms. The first-order valence-corrected chi connectivity index (χ1v) is 23.9. The molecule has 1 aliphatic rings. The van der Waals surface area contributed by atoms with E-state index in [9.17, 15) is 9.90 Å². The van der Waals surface area contributed by atoms with Crippen molar-refractivity contribution in [1.29, 1.82) is 0 Å². The highest BCUT2D eigenvalue weighted by molar-refractivity contribution is 5.98. The number of hydrogen-bond acceptors (Lipinski definition) is 10. The van der Waals surface area contributed by atoms with E-state index in [1.54, 1.807) is 0 Å². The molecule has 0 bridgehead atoms. The third-order valence-electron chi connectivity index (χ3n) is 11.3. The molecule has 1 aliphatic heterocycles. The Morgan fingerprint density at radius 3 is 2.00 bits per heavy atom. The van der Waals surface area contributed by atoms with Crippen LogP contribution in [0.5, 0.6) is 5.75 Å². The van der Waals surface area contributed by atoms with E-state index in [-0.39, 0.29) is 24.5 Å². The Hall–Kier alpha value is -3.61. The van der Waals surface area contributed by atoms with Crippen molar-refractivity contribution in [2.24, 2.45) is 5.41 Å². The highest BCUT2D eigenvalue weighted by atomic mass is 16.6. The number of β-amino-alcohol motifs (C(OH)–C–C–N with tert-alkyl or cyclic N) is 1. The number of nitrogens with zero attached hydrogens (tertiary/aromatic N) is 4. The lowest BCUT2D eigenvalue weighted by atomic mass is 9.87. The molecule has 0 saturated carbocycles. The minimum Gasteiger partial charge on any atom is -0.492 e. The van der Waals surface area contributed by atoms with Crippen molar-refractivity contribution in [3.63, 3.8) is 0 Å². The highest BCUT2D eigenvalue weighted by Gasteiger charge is 2.22. The van der Waals surface area contributed by atoms with Crippen molar-refractivity contribution >= 4 is 17.1 Å². The maximum absolute atomic E-state index is 12.8. The van der Waals surface area contributed by atoms with Crippen LogP contribution < -0.4 is 10.1 Å². The van der Waals surface area contributed by atoms with E-state index in [0.717, 1.165) is 116 Å². The number of carbonyl (C=O) groups excluding carboxylic acids is 1. The van der Waals surface area contributed by atoms with E-state index in [2.05, 4.69) is 144 Å². The first-order valence-electron chi connectivity index (χ1n) is 23.9. The monoisotopic (exact) mass is 870 g/mol. The van der Waals surface area contributed by atoms with Crippen LogP contribution in [0.4, 0.5) is 0 Å². The number of aliphatic hydroxyl groups is 1. The largest absolute Gasteiger partial charge is 0.492 e. The minimum atomic E-state index is -0.612. The fraction of sp³-hybridized carbons (Fsp3) is 0.604. The fourth-order valence-electron chi connectivity index (χ4n) is 8.30. The van der Waals surface area contributed by atoms with Crippen LogP contribution in [0.3, 0.4) is 0 Å². The summed E-state index contributed by atoms with van der Waals surface area (Å²) in [7, 11) is 0. The van der Waals surface area contributed by atoms with Gasteiger partial charge in [-0.05, 0) is 125 Å². The SMILES string of the molecule is CCN(CC)CCOc1ccc(/C(=C(/CCCOCC(O)CN2CCCN(CC(=O)OC(C)(C)C)CCNCCCN(CC(C)(C)C)CC2)c2ccccc2)c2ccccc2)cc1. The van der Waals surface area contributed by atoms with Gasteiger partial charge in [-0.25, -0.2) is 0 Å². The molecule has 0 amide bonds. The molecular weight excluding hydrogens is 787 g/mol. The smallest absolute Gasteiger partial charge is 0.320 e. The van der Waals surface area contributed by atoms with Crippen LogP contribution in [0.15, 0.2) is 84.9 Å². The van der Waals surface area contributed by atoms with Crippen LogP contribution in [-0.2, 0) is 14.3 Å². The van der Waals surface area contributed by atoms with Gasteiger partial charge in [0.25, 0.3) is 0 Å². The molecule has 0 aliphatic carbocycles. The van der Waals surface area contributed by atoms with E-state index >= 15 is 0 Å². The molecule has 3 aromatic rings. The van der Waals surface area contributed by atoms with Crippen molar-refractivity contribution in [1.82, 2.24) is 24.9 Å². The number of carbonyl (C=O) groups is 1. The van der Waals surface area contributed by atoms with Gasteiger partial charge in [-0.15, -0.1) is 0 Å². The van der Waals surface area contributed by atoms with E-state index in [1.807, 2.05) is 20.8 Å². The zero-order chi connectivity index (χ0) is 45.5. The summed E-state index contributed by atoms with van der Waals surface area (Å²) in [6.45, 7) is 30.3. The summed E-state index contributed by atoms with van der Waals surface area (Å²) in [6.07, 6.45) is 2.97. The van der Waals surface area contributed by atoms with Gasteiger partial charge in [0.15, 0.2) is 0 Å². The van der Waals surface area contributed by atoms with E-state index < -0.39 is 11.7 Å². The number of likely N-dealkylation sites (N-methyl/N-ethyl adjacent to an activating group) is 1. The van der Waals surface area contributed by atoms with Crippen LogP contribution in [0, 0.1) is 5.41 Å². The Kier molecular flexibility index (Phi) is 22.8. The summed E-state index contributed by atoms with van der Waals surface area (Å²) in [5, 5.41) is 15.0. The number of rotatable bonds is 20. The van der Waals surface area contributed by atoms with Crippen LogP contribution in [0.25, 0.3) is 11.1 Å². The number of allylic oxidation sites excluding steroid dienone is 1. The number of ether oxygens (including phenoxy) is 3. The zero-order valence-corrected chi connectivity index (χ0v) is 40.4. The lowest BCUT2D eigenvalue weighted by molar-refractivity contribution is -0.156. The molecule has 1 saturated heterocycles. The molecular formula is C53H83N5O5. The molecule has 0 aromatic heterocycles. The first-order chi connectivity index (χ1) is 30.2. The van der Waals surface area contributed by atoms with Crippen molar-refractivity contribution in [3.8, 4) is 5.75 Å². The average molecular weight is 870 g/mol. The van der Waals surface area contributed by atoms with Crippen LogP contribution in [-0.4, -0.2) is 154 Å². The van der Waals surface area contributed by atoms with E-state index in [0.29, 0.717) is 19.8 Å². The Morgan fingerprint density at radius 2 is 1.35 bits per heavy atom. The molecule has 1 unspecified atom stereocenters. The summed E-state index contributed by atoms with van der Waals surface area (Å²) in [6, 6.07) is 29.9. The van der Waals surface area contributed by atoms with E-state index in [4.69, 9.17) is 14.2 Å². The maximum Gasteiger partial charge on any atom is 0.320 e. The minimum absolute atomic E-state index is 0.186. The molecule has 3 aromatic carbocycles. The molecule has 63 heavy (non-hydrogen) atoms. The first kappa shape index (κ1) is 52.0.